The van der Waals surface area contributed by atoms with E-state index in [2.05, 4.69) is 6.58 Å². The minimum absolute atomic E-state index is 0.104. The van der Waals surface area contributed by atoms with E-state index in [0.29, 0.717) is 5.56 Å². The van der Waals surface area contributed by atoms with E-state index in [9.17, 15) is 4.79 Å². The molecule has 2 N–H and O–H groups in total. The molecular weight excluding hydrogens is 156 g/mol. The zero-order chi connectivity index (χ0) is 9.14. The van der Waals surface area contributed by atoms with Crippen molar-refractivity contribution in [3.05, 3.63) is 35.9 Å². The fraction of sp³-hybridized carbons (Fsp3) is 0. The zero-order valence-electron chi connectivity index (χ0n) is 6.32. The molecule has 0 amide bonds. The normalized spacial score (nSPS) is 9.33. The van der Waals surface area contributed by atoms with Crippen LogP contribution in [-0.4, -0.2) is 16.2 Å². The highest BCUT2D eigenvalue weighted by Crippen LogP contribution is 2.18. The van der Waals surface area contributed by atoms with Crippen molar-refractivity contribution in [2.24, 2.45) is 0 Å². The first kappa shape index (κ1) is 8.33. The molecule has 0 aliphatic heterocycles. The molecule has 62 valence electrons. The number of carboxylic acids is 1. The van der Waals surface area contributed by atoms with Crippen LogP contribution in [0.4, 0.5) is 0 Å². The molecule has 0 fully saturated rings. The molecule has 3 nitrogen and oxygen atoms in total. The predicted molar refractivity (Wildman–Crippen MR) is 45.2 cm³/mol. The van der Waals surface area contributed by atoms with Crippen molar-refractivity contribution in [2.75, 3.05) is 0 Å². The van der Waals surface area contributed by atoms with Crippen molar-refractivity contribution in [1.29, 1.82) is 0 Å². The highest BCUT2D eigenvalue weighted by molar-refractivity contribution is 5.91. The first-order valence-electron chi connectivity index (χ1n) is 3.34. The summed E-state index contributed by atoms with van der Waals surface area (Å²) < 4.78 is 0. The van der Waals surface area contributed by atoms with Crippen LogP contribution in [0.1, 0.15) is 15.9 Å². The molecule has 0 heterocycles. The van der Waals surface area contributed by atoms with Crippen LogP contribution in [0.3, 0.4) is 0 Å². The molecule has 3 heteroatoms. The van der Waals surface area contributed by atoms with E-state index in [1.54, 1.807) is 6.07 Å². The van der Waals surface area contributed by atoms with Crippen LogP contribution in [0.25, 0.3) is 6.08 Å². The molecule has 0 radical (unpaired) electrons. The molecular formula is C9H8O3. The highest BCUT2D eigenvalue weighted by Gasteiger charge is 2.08. The van der Waals surface area contributed by atoms with Gasteiger partial charge >= 0.3 is 5.97 Å². The molecule has 0 unspecified atom stereocenters. The minimum atomic E-state index is -1.14. The average molecular weight is 164 g/mol. The van der Waals surface area contributed by atoms with Crippen molar-refractivity contribution >= 4 is 12.0 Å². The van der Waals surface area contributed by atoms with Crippen LogP contribution in [0.2, 0.25) is 0 Å². The Balaban J connectivity index is 3.25. The lowest BCUT2D eigenvalue weighted by Gasteiger charge is -1.99. The summed E-state index contributed by atoms with van der Waals surface area (Å²) >= 11 is 0. The van der Waals surface area contributed by atoms with Crippen LogP contribution >= 0.6 is 0 Å². The third-order valence-corrected chi connectivity index (χ3v) is 1.49. The van der Waals surface area contributed by atoms with Gasteiger partial charge in [0.15, 0.2) is 0 Å². The fourth-order valence-corrected chi connectivity index (χ4v) is 0.852. The number of aromatic carboxylic acids is 1. The Bertz CT molecular complexity index is 329. The molecule has 0 saturated carbocycles. The lowest BCUT2D eigenvalue weighted by Crippen LogP contribution is -1.96. The maximum Gasteiger partial charge on any atom is 0.339 e. The van der Waals surface area contributed by atoms with Gasteiger partial charge in [0.05, 0.1) is 0 Å². The monoisotopic (exact) mass is 164 g/mol. The van der Waals surface area contributed by atoms with Gasteiger partial charge in [-0.25, -0.2) is 4.79 Å². The Morgan fingerprint density at radius 2 is 2.17 bits per heavy atom. The van der Waals surface area contributed by atoms with Gasteiger partial charge in [0.1, 0.15) is 11.3 Å². The lowest BCUT2D eigenvalue weighted by molar-refractivity contribution is 0.0693. The van der Waals surface area contributed by atoms with Crippen molar-refractivity contribution in [2.45, 2.75) is 0 Å². The second kappa shape index (κ2) is 3.09. The van der Waals surface area contributed by atoms with Gasteiger partial charge in [0.2, 0.25) is 0 Å². The predicted octanol–water partition coefficient (Wildman–Crippen LogP) is 1.73. The Morgan fingerprint density at radius 3 is 2.67 bits per heavy atom. The number of carbonyl (C=O) groups is 1. The molecule has 1 aromatic carbocycles. The van der Waals surface area contributed by atoms with E-state index in [4.69, 9.17) is 10.2 Å². The van der Waals surface area contributed by atoms with Crippen molar-refractivity contribution in [3.63, 3.8) is 0 Å². The molecule has 1 rings (SSSR count). The highest BCUT2D eigenvalue weighted by atomic mass is 16.4. The van der Waals surface area contributed by atoms with Gasteiger partial charge in [0, 0.05) is 0 Å². The van der Waals surface area contributed by atoms with Crippen LogP contribution in [0.15, 0.2) is 24.8 Å². The van der Waals surface area contributed by atoms with Gasteiger partial charge in [-0.05, 0) is 17.7 Å². The molecule has 0 saturated heterocycles. The summed E-state index contributed by atoms with van der Waals surface area (Å²) in [5, 5.41) is 17.7. The smallest absolute Gasteiger partial charge is 0.339 e. The first-order valence-corrected chi connectivity index (χ1v) is 3.34. The standard InChI is InChI=1S/C9H8O3/c1-2-6-3-4-8(10)7(5-6)9(11)12/h2-5,10H,1H2,(H,11,12). The van der Waals surface area contributed by atoms with E-state index < -0.39 is 5.97 Å². The van der Waals surface area contributed by atoms with Gasteiger partial charge in [-0.15, -0.1) is 0 Å². The van der Waals surface area contributed by atoms with Crippen molar-refractivity contribution < 1.29 is 15.0 Å². The second-order valence-corrected chi connectivity index (χ2v) is 2.29. The summed E-state index contributed by atoms with van der Waals surface area (Å²) in [5.74, 6) is -1.37. The first-order chi connectivity index (χ1) is 5.65. The van der Waals surface area contributed by atoms with Crippen LogP contribution in [0.5, 0.6) is 5.75 Å². The molecule has 0 bridgehead atoms. The van der Waals surface area contributed by atoms with E-state index >= 15 is 0 Å². The number of rotatable bonds is 2. The molecule has 12 heavy (non-hydrogen) atoms. The van der Waals surface area contributed by atoms with E-state index in [1.165, 1.54) is 18.2 Å². The Kier molecular flexibility index (Phi) is 2.14. The number of phenols is 1. The molecule has 0 aromatic heterocycles. The molecule has 0 aliphatic carbocycles. The lowest BCUT2D eigenvalue weighted by atomic mass is 10.1. The quantitative estimate of drug-likeness (QED) is 0.699. The van der Waals surface area contributed by atoms with Gasteiger partial charge in [-0.1, -0.05) is 18.7 Å². The molecule has 1 aromatic rings. The molecule has 0 aliphatic rings. The number of aromatic hydroxyl groups is 1. The Labute approximate surface area is 69.6 Å². The topological polar surface area (TPSA) is 57.5 Å². The SMILES string of the molecule is C=Cc1ccc(O)c(C(=O)O)c1. The Hall–Kier alpha value is -1.77. The van der Waals surface area contributed by atoms with Gasteiger partial charge in [-0.3, -0.25) is 0 Å². The van der Waals surface area contributed by atoms with Crippen molar-refractivity contribution in [3.8, 4) is 5.75 Å². The summed E-state index contributed by atoms with van der Waals surface area (Å²) in [7, 11) is 0. The summed E-state index contributed by atoms with van der Waals surface area (Å²) in [5.41, 5.74) is 0.567. The average Bonchev–Trinajstić information content (AvgIpc) is 2.05. The fourth-order valence-electron chi connectivity index (χ4n) is 0.852. The Morgan fingerprint density at radius 1 is 1.50 bits per heavy atom. The van der Waals surface area contributed by atoms with Gasteiger partial charge < -0.3 is 10.2 Å². The summed E-state index contributed by atoms with van der Waals surface area (Å²) in [4.78, 5) is 10.5. The maximum atomic E-state index is 10.5. The third-order valence-electron chi connectivity index (χ3n) is 1.49. The summed E-state index contributed by atoms with van der Waals surface area (Å²) in [6.45, 7) is 3.49. The summed E-state index contributed by atoms with van der Waals surface area (Å²) in [6, 6.07) is 4.29. The van der Waals surface area contributed by atoms with E-state index in [-0.39, 0.29) is 11.3 Å². The van der Waals surface area contributed by atoms with Crippen LogP contribution in [0, 0.1) is 0 Å². The zero-order valence-corrected chi connectivity index (χ0v) is 6.32. The largest absolute Gasteiger partial charge is 0.507 e. The molecule has 0 spiro atoms. The summed E-state index contributed by atoms with van der Waals surface area (Å²) in [6.07, 6.45) is 1.52. The maximum absolute atomic E-state index is 10.5. The second-order valence-electron chi connectivity index (χ2n) is 2.29. The number of hydrogen-bond acceptors (Lipinski definition) is 2. The van der Waals surface area contributed by atoms with Gasteiger partial charge in [0.25, 0.3) is 0 Å². The van der Waals surface area contributed by atoms with Crippen molar-refractivity contribution in [1.82, 2.24) is 0 Å². The van der Waals surface area contributed by atoms with Crippen LogP contribution < -0.4 is 0 Å². The van der Waals surface area contributed by atoms with E-state index in [1.807, 2.05) is 0 Å². The number of carboxylic acid groups (broad SMARTS) is 1. The number of benzene rings is 1. The third kappa shape index (κ3) is 1.45. The number of hydrogen-bond donors (Lipinski definition) is 2. The molecule has 0 atom stereocenters. The van der Waals surface area contributed by atoms with Crippen LogP contribution in [-0.2, 0) is 0 Å². The van der Waals surface area contributed by atoms with Gasteiger partial charge in [-0.2, -0.15) is 0 Å². The van der Waals surface area contributed by atoms with E-state index in [0.717, 1.165) is 0 Å². The minimum Gasteiger partial charge on any atom is -0.507 e.